The number of methoxy groups -OCH3 is 1. The quantitative estimate of drug-likeness (QED) is 0.793. The van der Waals surface area contributed by atoms with Crippen LogP contribution in [0.1, 0.15) is 39.1 Å². The van der Waals surface area contributed by atoms with E-state index in [1.165, 1.54) is 12.1 Å². The maximum atomic E-state index is 12.1. The van der Waals surface area contributed by atoms with Crippen molar-refractivity contribution in [1.82, 2.24) is 0 Å². The Kier molecular flexibility index (Phi) is 5.31. The van der Waals surface area contributed by atoms with E-state index in [4.69, 9.17) is 9.84 Å². The smallest absolute Gasteiger partial charge is 0.335 e. The molecule has 0 aromatic heterocycles. The molecule has 22 heavy (non-hydrogen) atoms. The maximum absolute atomic E-state index is 12.1. The summed E-state index contributed by atoms with van der Waals surface area (Å²) in [6.45, 7) is 0. The largest absolute Gasteiger partial charge is 0.497 e. The Morgan fingerprint density at radius 3 is 2.36 bits per heavy atom. The first-order valence-corrected chi connectivity index (χ1v) is 7.09. The van der Waals surface area contributed by atoms with Crippen molar-refractivity contribution in [1.29, 1.82) is 0 Å². The lowest BCUT2D eigenvalue weighted by Crippen LogP contribution is -2.02. The van der Waals surface area contributed by atoms with Crippen LogP contribution in [0.25, 0.3) is 0 Å². The van der Waals surface area contributed by atoms with Crippen molar-refractivity contribution in [3.8, 4) is 5.75 Å². The number of Topliss-reactive ketones (excluding diaryl/α,β-unsaturated/α-hetero) is 1. The van der Waals surface area contributed by atoms with Crippen molar-refractivity contribution in [3.63, 3.8) is 0 Å². The van der Waals surface area contributed by atoms with Crippen LogP contribution in [0.3, 0.4) is 0 Å². The van der Waals surface area contributed by atoms with Crippen molar-refractivity contribution in [2.24, 2.45) is 0 Å². The number of carbonyl (C=O) groups is 2. The van der Waals surface area contributed by atoms with Crippen molar-refractivity contribution in [2.75, 3.05) is 7.11 Å². The van der Waals surface area contributed by atoms with Crippen molar-refractivity contribution in [3.05, 3.63) is 65.2 Å². The number of ketones is 1. The van der Waals surface area contributed by atoms with Crippen LogP contribution in [0.5, 0.6) is 5.75 Å². The third-order valence-electron chi connectivity index (χ3n) is 3.46. The van der Waals surface area contributed by atoms with E-state index >= 15 is 0 Å². The minimum Gasteiger partial charge on any atom is -0.497 e. The van der Waals surface area contributed by atoms with Crippen LogP contribution in [0.2, 0.25) is 0 Å². The van der Waals surface area contributed by atoms with Crippen LogP contribution < -0.4 is 4.74 Å². The lowest BCUT2D eigenvalue weighted by atomic mass is 10.0. The van der Waals surface area contributed by atoms with Gasteiger partial charge in [-0.3, -0.25) is 4.79 Å². The molecule has 0 spiro atoms. The molecular weight excluding hydrogens is 280 g/mol. The van der Waals surface area contributed by atoms with E-state index in [1.54, 1.807) is 19.2 Å². The van der Waals surface area contributed by atoms with Gasteiger partial charge in [0.25, 0.3) is 0 Å². The second kappa shape index (κ2) is 7.41. The van der Waals surface area contributed by atoms with E-state index in [-0.39, 0.29) is 11.3 Å². The van der Waals surface area contributed by atoms with E-state index in [0.717, 1.165) is 24.2 Å². The van der Waals surface area contributed by atoms with Gasteiger partial charge < -0.3 is 9.84 Å². The molecule has 4 heteroatoms. The van der Waals surface area contributed by atoms with E-state index in [0.29, 0.717) is 12.0 Å². The molecule has 1 N–H and O–H groups in total. The summed E-state index contributed by atoms with van der Waals surface area (Å²) in [4.78, 5) is 22.8. The number of aryl methyl sites for hydroxylation is 1. The summed E-state index contributed by atoms with van der Waals surface area (Å²) < 4.78 is 5.17. The molecule has 0 aliphatic heterocycles. The van der Waals surface area contributed by atoms with Crippen molar-refractivity contribution >= 4 is 11.8 Å². The molecule has 0 saturated heterocycles. The molecule has 0 unspecified atom stereocenters. The van der Waals surface area contributed by atoms with Crippen LogP contribution in [-0.2, 0) is 6.42 Å². The normalized spacial score (nSPS) is 10.2. The Morgan fingerprint density at radius 2 is 1.73 bits per heavy atom. The van der Waals surface area contributed by atoms with E-state index in [1.807, 2.05) is 24.3 Å². The number of rotatable bonds is 7. The van der Waals surface area contributed by atoms with Gasteiger partial charge in [0.15, 0.2) is 5.78 Å². The molecule has 0 atom stereocenters. The summed E-state index contributed by atoms with van der Waals surface area (Å²) in [6, 6.07) is 13.8. The number of carbonyl (C=O) groups excluding carboxylic acids is 1. The second-order valence-electron chi connectivity index (χ2n) is 5.01. The van der Waals surface area contributed by atoms with Gasteiger partial charge in [-0.2, -0.15) is 0 Å². The molecule has 0 saturated carbocycles. The van der Waals surface area contributed by atoms with Gasteiger partial charge in [0.2, 0.25) is 0 Å². The van der Waals surface area contributed by atoms with Gasteiger partial charge in [-0.05, 0) is 42.7 Å². The fraction of sp³-hybridized carbons (Fsp3) is 0.222. The van der Waals surface area contributed by atoms with Gasteiger partial charge in [-0.15, -0.1) is 0 Å². The highest BCUT2D eigenvalue weighted by Gasteiger charge is 2.08. The average molecular weight is 298 g/mol. The van der Waals surface area contributed by atoms with Crippen LogP contribution in [-0.4, -0.2) is 24.0 Å². The molecule has 4 nitrogen and oxygen atoms in total. The summed E-state index contributed by atoms with van der Waals surface area (Å²) in [5.74, 6) is -0.148. The number of hydrogen-bond acceptors (Lipinski definition) is 3. The second-order valence-corrected chi connectivity index (χ2v) is 5.01. The van der Waals surface area contributed by atoms with Gasteiger partial charge >= 0.3 is 5.97 Å². The molecule has 0 aliphatic carbocycles. The zero-order valence-corrected chi connectivity index (χ0v) is 12.4. The highest BCUT2D eigenvalue weighted by Crippen LogP contribution is 2.15. The van der Waals surface area contributed by atoms with Gasteiger partial charge in [0, 0.05) is 12.0 Å². The standard InChI is InChI=1S/C18H18O4/c1-22-16-6-2-4-13(12-16)5-3-7-17(19)14-8-10-15(11-9-14)18(20)21/h2,4,6,8-12H,3,5,7H2,1H3,(H,20,21). The van der Waals surface area contributed by atoms with Gasteiger partial charge in [-0.1, -0.05) is 24.3 Å². The highest BCUT2D eigenvalue weighted by molar-refractivity contribution is 5.97. The third-order valence-corrected chi connectivity index (χ3v) is 3.46. The SMILES string of the molecule is COc1cccc(CCCC(=O)c2ccc(C(=O)O)cc2)c1. The Bertz CT molecular complexity index is 659. The third kappa shape index (κ3) is 4.19. The predicted octanol–water partition coefficient (Wildman–Crippen LogP) is 3.60. The Morgan fingerprint density at radius 1 is 1.05 bits per heavy atom. The number of carboxylic acid groups (broad SMARTS) is 1. The van der Waals surface area contributed by atoms with Crippen LogP contribution in [0.4, 0.5) is 0 Å². The zero-order chi connectivity index (χ0) is 15.9. The number of hydrogen-bond donors (Lipinski definition) is 1. The minimum absolute atomic E-state index is 0.0276. The zero-order valence-electron chi connectivity index (χ0n) is 12.4. The first-order chi connectivity index (χ1) is 10.6. The number of carboxylic acids is 1. The molecule has 2 aromatic carbocycles. The lowest BCUT2D eigenvalue weighted by molar-refractivity contribution is 0.0696. The molecule has 0 heterocycles. The summed E-state index contributed by atoms with van der Waals surface area (Å²) in [5, 5.41) is 8.83. The summed E-state index contributed by atoms with van der Waals surface area (Å²) >= 11 is 0. The average Bonchev–Trinajstić information content (AvgIpc) is 2.55. The van der Waals surface area contributed by atoms with E-state index in [2.05, 4.69) is 0 Å². The molecular formula is C18H18O4. The first kappa shape index (κ1) is 15.8. The minimum atomic E-state index is -0.989. The Hall–Kier alpha value is -2.62. The van der Waals surface area contributed by atoms with Gasteiger partial charge in [-0.25, -0.2) is 4.79 Å². The first-order valence-electron chi connectivity index (χ1n) is 7.09. The number of ether oxygens (including phenoxy) is 1. The maximum Gasteiger partial charge on any atom is 0.335 e. The van der Waals surface area contributed by atoms with E-state index in [9.17, 15) is 9.59 Å². The summed E-state index contributed by atoms with van der Waals surface area (Å²) in [5.41, 5.74) is 1.87. The Balaban J connectivity index is 1.88. The fourth-order valence-electron chi connectivity index (χ4n) is 2.22. The molecule has 0 bridgehead atoms. The van der Waals surface area contributed by atoms with Crippen LogP contribution in [0, 0.1) is 0 Å². The molecule has 0 fully saturated rings. The molecule has 0 radical (unpaired) electrons. The molecule has 0 amide bonds. The van der Waals surface area contributed by atoms with Gasteiger partial charge in [0.05, 0.1) is 12.7 Å². The van der Waals surface area contributed by atoms with Crippen LogP contribution >= 0.6 is 0 Å². The van der Waals surface area contributed by atoms with Crippen molar-refractivity contribution in [2.45, 2.75) is 19.3 Å². The fourth-order valence-corrected chi connectivity index (χ4v) is 2.22. The highest BCUT2D eigenvalue weighted by atomic mass is 16.5. The molecule has 2 rings (SSSR count). The van der Waals surface area contributed by atoms with E-state index < -0.39 is 5.97 Å². The number of benzene rings is 2. The Labute approximate surface area is 129 Å². The monoisotopic (exact) mass is 298 g/mol. The predicted molar refractivity (Wildman–Crippen MR) is 83.7 cm³/mol. The molecule has 0 aliphatic rings. The number of aromatic carboxylic acids is 1. The molecule has 2 aromatic rings. The topological polar surface area (TPSA) is 63.6 Å². The summed E-state index contributed by atoms with van der Waals surface area (Å²) in [6.07, 6.45) is 1.98. The lowest BCUT2D eigenvalue weighted by Gasteiger charge is -2.05. The molecule has 114 valence electrons. The van der Waals surface area contributed by atoms with Crippen LogP contribution in [0.15, 0.2) is 48.5 Å². The van der Waals surface area contributed by atoms with Crippen molar-refractivity contribution < 1.29 is 19.4 Å². The summed E-state index contributed by atoms with van der Waals surface area (Å²) in [7, 11) is 1.63. The van der Waals surface area contributed by atoms with Gasteiger partial charge in [0.1, 0.15) is 5.75 Å².